The average molecular weight is 365 g/mol. The van der Waals surface area contributed by atoms with Crippen molar-refractivity contribution < 1.29 is 21.6 Å². The summed E-state index contributed by atoms with van der Waals surface area (Å²) in [5.41, 5.74) is 1.10. The van der Waals surface area contributed by atoms with Crippen LogP contribution in [0.1, 0.15) is 13.3 Å². The van der Waals surface area contributed by atoms with Crippen LogP contribution in [0.25, 0.3) is 0 Å². The lowest BCUT2D eigenvalue weighted by Gasteiger charge is -2.09. The first-order valence-corrected chi connectivity index (χ1v) is 8.01. The molecular formula is C11H16ClF3N2O2S2. The highest BCUT2D eigenvalue weighted by molar-refractivity contribution is 8.00. The predicted molar refractivity (Wildman–Crippen MR) is 79.1 cm³/mol. The molecule has 0 radical (unpaired) electrons. The Bertz CT molecular complexity index is 533. The number of thioether (sulfide) groups is 1. The van der Waals surface area contributed by atoms with Gasteiger partial charge in [-0.3, -0.25) is 0 Å². The molecule has 21 heavy (non-hydrogen) atoms. The molecule has 1 unspecified atom stereocenters. The highest BCUT2D eigenvalue weighted by atomic mass is 35.5. The Morgan fingerprint density at radius 1 is 1.29 bits per heavy atom. The first kappa shape index (κ1) is 20.5. The van der Waals surface area contributed by atoms with Crippen molar-refractivity contribution in [2.24, 2.45) is 5.73 Å². The van der Waals surface area contributed by atoms with Crippen LogP contribution in [0.3, 0.4) is 0 Å². The van der Waals surface area contributed by atoms with Crippen LogP contribution >= 0.6 is 24.2 Å². The molecule has 0 aliphatic rings. The zero-order chi connectivity index (χ0) is 15.4. The molecule has 0 fully saturated rings. The van der Waals surface area contributed by atoms with Crippen molar-refractivity contribution in [2.75, 3.05) is 6.54 Å². The standard InChI is InChI=1S/C11H15F3N2O2S2.ClH/c1-8(15)6-7-16-20(17,18)10-4-2-9(3-5-10)19-11(12,13)14;/h2-5,8,16H,6-7,15H2,1H3;1H. The third-order valence-corrected chi connectivity index (χ3v) is 4.48. The molecule has 0 aliphatic heterocycles. The molecule has 0 heterocycles. The van der Waals surface area contributed by atoms with Crippen LogP contribution < -0.4 is 10.5 Å². The van der Waals surface area contributed by atoms with Crippen molar-refractivity contribution in [1.29, 1.82) is 0 Å². The van der Waals surface area contributed by atoms with E-state index in [0.29, 0.717) is 6.42 Å². The fraction of sp³-hybridized carbons (Fsp3) is 0.455. The molecular weight excluding hydrogens is 349 g/mol. The van der Waals surface area contributed by atoms with Gasteiger partial charge in [0.2, 0.25) is 10.0 Å². The lowest BCUT2D eigenvalue weighted by molar-refractivity contribution is -0.0328. The summed E-state index contributed by atoms with van der Waals surface area (Å²) in [6.07, 6.45) is 0.473. The lowest BCUT2D eigenvalue weighted by atomic mass is 10.3. The van der Waals surface area contributed by atoms with E-state index in [1.165, 1.54) is 0 Å². The molecule has 0 saturated heterocycles. The second kappa shape index (κ2) is 8.23. The molecule has 0 spiro atoms. The Morgan fingerprint density at radius 2 is 1.81 bits per heavy atom. The molecule has 10 heteroatoms. The highest BCUT2D eigenvalue weighted by Crippen LogP contribution is 2.36. The summed E-state index contributed by atoms with van der Waals surface area (Å²) in [6, 6.07) is 4.39. The van der Waals surface area contributed by atoms with Crippen molar-refractivity contribution >= 4 is 34.2 Å². The van der Waals surface area contributed by atoms with Gasteiger partial charge in [0.15, 0.2) is 0 Å². The normalized spacial score (nSPS) is 13.6. The van der Waals surface area contributed by atoms with Crippen molar-refractivity contribution in [3.8, 4) is 0 Å². The van der Waals surface area contributed by atoms with Crippen molar-refractivity contribution in [2.45, 2.75) is 34.7 Å². The molecule has 0 amide bonds. The maximum atomic E-state index is 12.1. The van der Waals surface area contributed by atoms with E-state index in [4.69, 9.17) is 5.73 Å². The van der Waals surface area contributed by atoms with Crippen LogP contribution in [-0.2, 0) is 10.0 Å². The summed E-state index contributed by atoms with van der Waals surface area (Å²) in [7, 11) is -3.71. The number of hydrogen-bond acceptors (Lipinski definition) is 4. The number of alkyl halides is 3. The Labute approximate surface area is 132 Å². The van der Waals surface area contributed by atoms with E-state index in [2.05, 4.69) is 4.72 Å². The molecule has 0 aliphatic carbocycles. The lowest BCUT2D eigenvalue weighted by Crippen LogP contribution is -2.29. The average Bonchev–Trinajstić information content (AvgIpc) is 2.26. The molecule has 122 valence electrons. The highest BCUT2D eigenvalue weighted by Gasteiger charge is 2.29. The Balaban J connectivity index is 0.00000400. The maximum Gasteiger partial charge on any atom is 0.446 e. The maximum absolute atomic E-state index is 12.1. The van der Waals surface area contributed by atoms with Gasteiger partial charge < -0.3 is 5.73 Å². The zero-order valence-electron chi connectivity index (χ0n) is 11.1. The van der Waals surface area contributed by atoms with E-state index < -0.39 is 15.5 Å². The summed E-state index contributed by atoms with van der Waals surface area (Å²) in [5, 5.41) is 0. The quantitative estimate of drug-likeness (QED) is 0.761. The van der Waals surface area contributed by atoms with Crippen LogP contribution in [0.5, 0.6) is 0 Å². The van der Waals surface area contributed by atoms with E-state index in [1.54, 1.807) is 6.92 Å². The summed E-state index contributed by atoms with van der Waals surface area (Å²) < 4.78 is 62.4. The van der Waals surface area contributed by atoms with Crippen LogP contribution in [0.15, 0.2) is 34.1 Å². The molecule has 1 rings (SSSR count). The molecule has 0 saturated carbocycles. The van der Waals surface area contributed by atoms with Crippen LogP contribution in [0, 0.1) is 0 Å². The van der Waals surface area contributed by atoms with E-state index in [-0.39, 0.29) is 46.5 Å². The molecule has 1 aromatic rings. The van der Waals surface area contributed by atoms with Gasteiger partial charge in [0.05, 0.1) is 4.90 Å². The Morgan fingerprint density at radius 3 is 2.24 bits per heavy atom. The van der Waals surface area contributed by atoms with Gasteiger partial charge in [-0.2, -0.15) is 13.2 Å². The molecule has 0 aromatic heterocycles. The number of sulfonamides is 1. The van der Waals surface area contributed by atoms with E-state index >= 15 is 0 Å². The minimum absolute atomic E-state index is 0. The molecule has 3 N–H and O–H groups in total. The van der Waals surface area contributed by atoms with Crippen LogP contribution in [-0.4, -0.2) is 26.5 Å². The van der Waals surface area contributed by atoms with Crippen LogP contribution in [0.4, 0.5) is 13.2 Å². The fourth-order valence-corrected chi connectivity index (χ4v) is 2.91. The molecule has 0 bridgehead atoms. The summed E-state index contributed by atoms with van der Waals surface area (Å²) in [5.74, 6) is 0. The zero-order valence-corrected chi connectivity index (χ0v) is 13.5. The van der Waals surface area contributed by atoms with Gasteiger partial charge in [-0.25, -0.2) is 13.1 Å². The number of nitrogens with two attached hydrogens (primary N) is 1. The molecule has 1 atom stereocenters. The second-order valence-electron chi connectivity index (χ2n) is 4.18. The SMILES string of the molecule is CC(N)CCNS(=O)(=O)c1ccc(SC(F)(F)F)cc1.Cl. The van der Waals surface area contributed by atoms with Gasteiger partial charge in [0, 0.05) is 17.5 Å². The summed E-state index contributed by atoms with van der Waals surface area (Å²) >= 11 is -0.290. The van der Waals surface area contributed by atoms with Crippen LogP contribution in [0.2, 0.25) is 0 Å². The largest absolute Gasteiger partial charge is 0.446 e. The van der Waals surface area contributed by atoms with Gasteiger partial charge in [0.25, 0.3) is 0 Å². The first-order chi connectivity index (χ1) is 9.10. The topological polar surface area (TPSA) is 72.2 Å². The summed E-state index contributed by atoms with van der Waals surface area (Å²) in [6.45, 7) is 1.93. The van der Waals surface area contributed by atoms with Gasteiger partial charge in [-0.15, -0.1) is 12.4 Å². The Hall–Kier alpha value is -0.480. The summed E-state index contributed by atoms with van der Waals surface area (Å²) in [4.78, 5) is -0.138. The number of hydrogen-bond donors (Lipinski definition) is 2. The minimum atomic E-state index is -4.39. The number of nitrogens with one attached hydrogen (secondary N) is 1. The molecule has 1 aromatic carbocycles. The fourth-order valence-electron chi connectivity index (χ4n) is 1.32. The van der Waals surface area contributed by atoms with Crippen molar-refractivity contribution in [3.05, 3.63) is 24.3 Å². The number of rotatable bonds is 6. The first-order valence-electron chi connectivity index (χ1n) is 5.71. The van der Waals surface area contributed by atoms with Gasteiger partial charge in [0.1, 0.15) is 0 Å². The van der Waals surface area contributed by atoms with E-state index in [1.807, 2.05) is 0 Å². The third-order valence-electron chi connectivity index (χ3n) is 2.26. The number of halogens is 4. The number of benzene rings is 1. The van der Waals surface area contributed by atoms with Gasteiger partial charge in [-0.1, -0.05) is 0 Å². The minimum Gasteiger partial charge on any atom is -0.328 e. The predicted octanol–water partition coefficient (Wildman–Crippen LogP) is 2.74. The van der Waals surface area contributed by atoms with Gasteiger partial charge >= 0.3 is 5.51 Å². The van der Waals surface area contributed by atoms with Crippen molar-refractivity contribution in [1.82, 2.24) is 4.72 Å². The smallest absolute Gasteiger partial charge is 0.328 e. The second-order valence-corrected chi connectivity index (χ2v) is 7.09. The van der Waals surface area contributed by atoms with Crippen molar-refractivity contribution in [3.63, 3.8) is 0 Å². The van der Waals surface area contributed by atoms with E-state index in [9.17, 15) is 21.6 Å². The monoisotopic (exact) mass is 364 g/mol. The van der Waals surface area contributed by atoms with E-state index in [0.717, 1.165) is 24.3 Å². The van der Waals surface area contributed by atoms with Gasteiger partial charge in [-0.05, 0) is 49.4 Å². The third kappa shape index (κ3) is 7.91. The Kier molecular flexibility index (Phi) is 8.04. The molecule has 4 nitrogen and oxygen atoms in total.